The largest absolute Gasteiger partial charge is 0.319 e. The summed E-state index contributed by atoms with van der Waals surface area (Å²) in [6.45, 7) is 2.42. The molecule has 1 atom stereocenters. The smallest absolute Gasteiger partial charge is 0.240 e. The number of hydrogen-bond acceptors (Lipinski definition) is 4. The van der Waals surface area contributed by atoms with Crippen LogP contribution in [0.1, 0.15) is 18.4 Å². The highest BCUT2D eigenvalue weighted by Crippen LogP contribution is 2.15. The van der Waals surface area contributed by atoms with Crippen LogP contribution in [0.5, 0.6) is 0 Å². The van der Waals surface area contributed by atoms with Gasteiger partial charge < -0.3 is 10.2 Å². The number of sulfonamides is 1. The van der Waals surface area contributed by atoms with E-state index in [0.717, 1.165) is 37.9 Å². The van der Waals surface area contributed by atoms with E-state index in [2.05, 4.69) is 14.9 Å². The van der Waals surface area contributed by atoms with Crippen molar-refractivity contribution in [1.82, 2.24) is 14.9 Å². The number of likely N-dealkylation sites (tertiary alicyclic amines) is 1. The fraction of sp³-hybridized carbons (Fsp3) is 0.600. The van der Waals surface area contributed by atoms with E-state index in [9.17, 15) is 8.42 Å². The van der Waals surface area contributed by atoms with Crippen LogP contribution >= 0.6 is 0 Å². The number of nitrogens with zero attached hydrogens (tertiary/aromatic N) is 1. The second kappa shape index (κ2) is 7.35. The molecule has 1 fully saturated rings. The molecule has 1 saturated heterocycles. The molecule has 0 bridgehead atoms. The van der Waals surface area contributed by atoms with Crippen LogP contribution in [0.2, 0.25) is 0 Å². The summed E-state index contributed by atoms with van der Waals surface area (Å²) in [4.78, 5) is 2.56. The van der Waals surface area contributed by atoms with Gasteiger partial charge in [-0.1, -0.05) is 12.1 Å². The third-order valence-electron chi connectivity index (χ3n) is 4.08. The van der Waals surface area contributed by atoms with E-state index in [1.807, 2.05) is 26.2 Å². The molecule has 1 aliphatic heterocycles. The normalized spacial score (nSPS) is 20.0. The van der Waals surface area contributed by atoms with Gasteiger partial charge in [-0.25, -0.2) is 13.1 Å². The molecule has 1 heterocycles. The zero-order chi connectivity index (χ0) is 15.3. The Morgan fingerprint density at radius 1 is 1.29 bits per heavy atom. The minimum atomic E-state index is -3.40. The van der Waals surface area contributed by atoms with Crippen molar-refractivity contribution in [3.8, 4) is 0 Å². The summed E-state index contributed by atoms with van der Waals surface area (Å²) < 4.78 is 27.3. The molecule has 1 aliphatic rings. The third kappa shape index (κ3) is 4.51. The van der Waals surface area contributed by atoms with Crippen LogP contribution in [0, 0.1) is 0 Å². The molecular weight excluding hydrogens is 286 g/mol. The van der Waals surface area contributed by atoms with Crippen molar-refractivity contribution < 1.29 is 8.42 Å². The fourth-order valence-corrected chi connectivity index (χ4v) is 3.70. The van der Waals surface area contributed by atoms with Gasteiger partial charge in [0.2, 0.25) is 10.0 Å². The van der Waals surface area contributed by atoms with Crippen molar-refractivity contribution in [1.29, 1.82) is 0 Å². The lowest BCUT2D eigenvalue weighted by molar-refractivity contribution is 0.311. The Morgan fingerprint density at radius 2 is 2.00 bits per heavy atom. The first kappa shape index (κ1) is 16.4. The number of benzene rings is 1. The minimum Gasteiger partial charge on any atom is -0.319 e. The van der Waals surface area contributed by atoms with E-state index >= 15 is 0 Å². The van der Waals surface area contributed by atoms with Gasteiger partial charge in [-0.05, 0) is 64.1 Å². The van der Waals surface area contributed by atoms with Crippen molar-refractivity contribution in [2.75, 3.05) is 33.7 Å². The highest BCUT2D eigenvalue weighted by Gasteiger charge is 2.23. The quantitative estimate of drug-likeness (QED) is 0.783. The molecule has 0 saturated carbocycles. The monoisotopic (exact) mass is 311 g/mol. The van der Waals surface area contributed by atoms with Crippen LogP contribution in [0.4, 0.5) is 0 Å². The predicted molar refractivity (Wildman–Crippen MR) is 84.9 cm³/mol. The van der Waals surface area contributed by atoms with Crippen LogP contribution in [0.15, 0.2) is 29.2 Å². The van der Waals surface area contributed by atoms with E-state index in [-0.39, 0.29) is 0 Å². The molecule has 1 aromatic rings. The first-order valence-corrected chi connectivity index (χ1v) is 8.94. The summed E-state index contributed by atoms with van der Waals surface area (Å²) in [5.41, 5.74) is 1.14. The molecule has 21 heavy (non-hydrogen) atoms. The van der Waals surface area contributed by atoms with E-state index < -0.39 is 10.0 Å². The molecule has 0 spiro atoms. The zero-order valence-electron chi connectivity index (χ0n) is 12.8. The van der Waals surface area contributed by atoms with Crippen LogP contribution < -0.4 is 10.0 Å². The molecule has 118 valence electrons. The van der Waals surface area contributed by atoms with Crippen molar-refractivity contribution in [3.05, 3.63) is 29.8 Å². The highest BCUT2D eigenvalue weighted by atomic mass is 32.2. The Kier molecular flexibility index (Phi) is 5.75. The predicted octanol–water partition coefficient (Wildman–Crippen LogP) is 0.821. The molecule has 0 radical (unpaired) electrons. The molecule has 2 N–H and O–H groups in total. The molecular formula is C15H25N3O2S. The van der Waals surface area contributed by atoms with Gasteiger partial charge in [0.05, 0.1) is 4.90 Å². The van der Waals surface area contributed by atoms with Crippen LogP contribution in [0.25, 0.3) is 0 Å². The summed E-state index contributed by atoms with van der Waals surface area (Å²) in [7, 11) is 0.549. The average Bonchev–Trinajstić information content (AvgIpc) is 2.89. The average molecular weight is 311 g/mol. The summed E-state index contributed by atoms with van der Waals surface area (Å²) in [5.74, 6) is 0. The van der Waals surface area contributed by atoms with Gasteiger partial charge in [-0.2, -0.15) is 0 Å². The maximum absolute atomic E-state index is 12.3. The maximum atomic E-state index is 12.3. The fourth-order valence-electron chi connectivity index (χ4n) is 2.63. The van der Waals surface area contributed by atoms with Crippen molar-refractivity contribution in [3.63, 3.8) is 0 Å². The Morgan fingerprint density at radius 3 is 2.57 bits per heavy atom. The highest BCUT2D eigenvalue weighted by molar-refractivity contribution is 7.89. The SMILES string of the molecule is CNCCc1ccc(S(=O)(=O)NCC2CCCN2C)cc1. The lowest BCUT2D eigenvalue weighted by Crippen LogP contribution is -2.38. The van der Waals surface area contributed by atoms with E-state index in [4.69, 9.17) is 0 Å². The van der Waals surface area contributed by atoms with Gasteiger partial charge in [-0.15, -0.1) is 0 Å². The summed E-state index contributed by atoms with van der Waals surface area (Å²) in [5, 5.41) is 3.08. The molecule has 2 rings (SSSR count). The molecule has 5 nitrogen and oxygen atoms in total. The Bertz CT molecular complexity index is 543. The lowest BCUT2D eigenvalue weighted by Gasteiger charge is -2.19. The van der Waals surface area contributed by atoms with Crippen molar-refractivity contribution >= 4 is 10.0 Å². The molecule has 1 aromatic carbocycles. The van der Waals surface area contributed by atoms with Crippen molar-refractivity contribution in [2.24, 2.45) is 0 Å². The molecule has 0 amide bonds. The molecule has 6 heteroatoms. The summed E-state index contributed by atoms with van der Waals surface area (Å²) >= 11 is 0. The molecule has 0 aliphatic carbocycles. The molecule has 1 unspecified atom stereocenters. The number of nitrogens with one attached hydrogen (secondary N) is 2. The summed E-state index contributed by atoms with van der Waals surface area (Å²) in [6, 6.07) is 7.45. The van der Waals surface area contributed by atoms with Crippen LogP contribution in [-0.4, -0.2) is 53.1 Å². The van der Waals surface area contributed by atoms with Gasteiger partial charge in [0, 0.05) is 12.6 Å². The van der Waals surface area contributed by atoms with Gasteiger partial charge in [0.25, 0.3) is 0 Å². The first-order valence-electron chi connectivity index (χ1n) is 7.46. The Hall–Kier alpha value is -0.950. The second-order valence-electron chi connectivity index (χ2n) is 5.63. The van der Waals surface area contributed by atoms with Gasteiger partial charge in [-0.3, -0.25) is 0 Å². The number of hydrogen-bond donors (Lipinski definition) is 2. The standard InChI is InChI=1S/C15H25N3O2S/c1-16-10-9-13-5-7-15(8-6-13)21(19,20)17-12-14-4-3-11-18(14)2/h5-8,14,16-17H,3-4,9-12H2,1-2H3. The van der Waals surface area contributed by atoms with Gasteiger partial charge in [0.15, 0.2) is 0 Å². The van der Waals surface area contributed by atoms with Gasteiger partial charge in [0.1, 0.15) is 0 Å². The maximum Gasteiger partial charge on any atom is 0.240 e. The Balaban J connectivity index is 1.95. The third-order valence-corrected chi connectivity index (χ3v) is 5.52. The molecule has 0 aromatic heterocycles. The number of likely N-dealkylation sites (N-methyl/N-ethyl adjacent to an activating group) is 2. The Labute approximate surface area is 127 Å². The minimum absolute atomic E-state index is 0.315. The first-order chi connectivity index (χ1) is 10.0. The summed E-state index contributed by atoms with van der Waals surface area (Å²) in [6.07, 6.45) is 3.10. The van der Waals surface area contributed by atoms with Gasteiger partial charge >= 0.3 is 0 Å². The van der Waals surface area contributed by atoms with Crippen LogP contribution in [0.3, 0.4) is 0 Å². The van der Waals surface area contributed by atoms with E-state index in [0.29, 0.717) is 17.5 Å². The lowest BCUT2D eigenvalue weighted by atomic mass is 10.1. The topological polar surface area (TPSA) is 61.4 Å². The van der Waals surface area contributed by atoms with E-state index in [1.54, 1.807) is 12.1 Å². The zero-order valence-corrected chi connectivity index (χ0v) is 13.6. The van der Waals surface area contributed by atoms with Crippen molar-refractivity contribution in [2.45, 2.75) is 30.2 Å². The second-order valence-corrected chi connectivity index (χ2v) is 7.39. The van der Waals surface area contributed by atoms with Crippen LogP contribution in [-0.2, 0) is 16.4 Å². The number of rotatable bonds is 7. The van der Waals surface area contributed by atoms with E-state index in [1.165, 1.54) is 0 Å².